The lowest BCUT2D eigenvalue weighted by atomic mass is 10.0. The van der Waals surface area contributed by atoms with Crippen LogP contribution in [0.15, 0.2) is 32.5 Å². The average molecular weight is 264 g/mol. The molecule has 2 atom stereocenters. The smallest absolute Gasteiger partial charge is 0.408 e. The van der Waals surface area contributed by atoms with Gasteiger partial charge in [0.15, 0.2) is 5.58 Å². The first-order valence-corrected chi connectivity index (χ1v) is 5.61. The largest absolute Gasteiger partial charge is 0.417 e. The molecule has 0 saturated carbocycles. The predicted molar refractivity (Wildman–Crippen MR) is 66.4 cm³/mol. The molecule has 0 fully saturated rings. The first-order valence-electron chi connectivity index (χ1n) is 5.61. The highest BCUT2D eigenvalue weighted by Gasteiger charge is 2.18. The Kier molecular flexibility index (Phi) is 3.86. The van der Waals surface area contributed by atoms with Crippen LogP contribution in [-0.4, -0.2) is 27.8 Å². The second-order valence-electron chi connectivity index (χ2n) is 4.03. The number of rotatable bonds is 5. The molecule has 2 unspecified atom stereocenters. The van der Waals surface area contributed by atoms with E-state index < -0.39 is 18.0 Å². The standard InChI is InChI=1S/C11H12N4O4/c12-15-13-4-3-8(16)10(17)6-1-2-7-9(5-6)19-11(18)14-7/h1-2,5,8,10,16-17H,3-4H2,(H,14,18). The van der Waals surface area contributed by atoms with Crippen LogP contribution in [0.25, 0.3) is 21.5 Å². The minimum Gasteiger partial charge on any atom is -0.408 e. The van der Waals surface area contributed by atoms with Gasteiger partial charge in [0.2, 0.25) is 0 Å². The summed E-state index contributed by atoms with van der Waals surface area (Å²) in [4.78, 5) is 16.0. The number of fused-ring (bicyclic) bond motifs is 1. The summed E-state index contributed by atoms with van der Waals surface area (Å²) in [5, 5.41) is 23.0. The molecule has 2 rings (SSSR count). The van der Waals surface area contributed by atoms with Crippen molar-refractivity contribution in [3.8, 4) is 0 Å². The van der Waals surface area contributed by atoms with Crippen molar-refractivity contribution in [1.29, 1.82) is 0 Å². The van der Waals surface area contributed by atoms with Gasteiger partial charge in [0.1, 0.15) is 6.10 Å². The van der Waals surface area contributed by atoms with Gasteiger partial charge in [-0.1, -0.05) is 11.2 Å². The van der Waals surface area contributed by atoms with E-state index >= 15 is 0 Å². The molecule has 19 heavy (non-hydrogen) atoms. The molecule has 0 bridgehead atoms. The number of hydrogen-bond acceptors (Lipinski definition) is 5. The van der Waals surface area contributed by atoms with Crippen molar-refractivity contribution in [2.24, 2.45) is 5.11 Å². The minimum atomic E-state index is -1.14. The third-order valence-electron chi connectivity index (χ3n) is 2.74. The monoisotopic (exact) mass is 264 g/mol. The first kappa shape index (κ1) is 13.2. The first-order chi connectivity index (χ1) is 9.11. The second-order valence-corrected chi connectivity index (χ2v) is 4.03. The summed E-state index contributed by atoms with van der Waals surface area (Å²) < 4.78 is 4.87. The van der Waals surface area contributed by atoms with Gasteiger partial charge in [-0.15, -0.1) is 0 Å². The van der Waals surface area contributed by atoms with E-state index in [0.717, 1.165) is 0 Å². The van der Waals surface area contributed by atoms with Crippen molar-refractivity contribution in [3.63, 3.8) is 0 Å². The molecule has 2 aromatic rings. The van der Waals surface area contributed by atoms with Gasteiger partial charge in [-0.05, 0) is 29.6 Å². The lowest BCUT2D eigenvalue weighted by Crippen LogP contribution is -2.19. The predicted octanol–water partition coefficient (Wildman–Crippen LogP) is 1.22. The highest BCUT2D eigenvalue weighted by molar-refractivity contribution is 5.72. The fourth-order valence-corrected chi connectivity index (χ4v) is 1.76. The molecule has 0 aliphatic heterocycles. The molecule has 1 heterocycles. The van der Waals surface area contributed by atoms with Gasteiger partial charge in [0.05, 0.1) is 11.6 Å². The van der Waals surface area contributed by atoms with Crippen LogP contribution in [0.1, 0.15) is 18.1 Å². The van der Waals surface area contributed by atoms with E-state index in [4.69, 9.17) is 9.95 Å². The number of azide groups is 1. The minimum absolute atomic E-state index is 0.0935. The van der Waals surface area contributed by atoms with E-state index in [1.165, 1.54) is 6.07 Å². The van der Waals surface area contributed by atoms with Crippen molar-refractivity contribution in [2.45, 2.75) is 18.6 Å². The molecular formula is C11H12N4O4. The van der Waals surface area contributed by atoms with Gasteiger partial charge < -0.3 is 14.6 Å². The normalized spacial score (nSPS) is 14.0. The van der Waals surface area contributed by atoms with Crippen LogP contribution in [0.5, 0.6) is 0 Å². The number of aromatic amines is 1. The number of aromatic nitrogens is 1. The number of H-pyrrole nitrogens is 1. The highest BCUT2D eigenvalue weighted by atomic mass is 16.4. The van der Waals surface area contributed by atoms with Gasteiger partial charge in [0.25, 0.3) is 0 Å². The maximum Gasteiger partial charge on any atom is 0.417 e. The summed E-state index contributed by atoms with van der Waals surface area (Å²) in [5.41, 5.74) is 9.37. The SMILES string of the molecule is [N-]=[N+]=NCCC(O)C(O)c1ccc2[nH]c(=O)oc2c1. The quantitative estimate of drug-likeness (QED) is 0.425. The van der Waals surface area contributed by atoms with Gasteiger partial charge >= 0.3 is 5.76 Å². The van der Waals surface area contributed by atoms with E-state index in [1.54, 1.807) is 12.1 Å². The van der Waals surface area contributed by atoms with Gasteiger partial charge in [-0.25, -0.2) is 4.79 Å². The lowest BCUT2D eigenvalue weighted by molar-refractivity contribution is 0.0151. The molecular weight excluding hydrogens is 252 g/mol. The van der Waals surface area contributed by atoms with Crippen LogP contribution in [0.4, 0.5) is 0 Å². The molecule has 0 amide bonds. The van der Waals surface area contributed by atoms with Crippen molar-refractivity contribution < 1.29 is 14.6 Å². The zero-order valence-electron chi connectivity index (χ0n) is 9.85. The van der Waals surface area contributed by atoms with Gasteiger partial charge in [-0.3, -0.25) is 4.98 Å². The zero-order valence-corrected chi connectivity index (χ0v) is 9.85. The Morgan fingerprint density at radius 3 is 3.00 bits per heavy atom. The summed E-state index contributed by atoms with van der Waals surface area (Å²) >= 11 is 0. The number of aliphatic hydroxyl groups excluding tert-OH is 2. The van der Waals surface area contributed by atoms with Crippen LogP contribution in [0, 0.1) is 0 Å². The fraction of sp³-hybridized carbons (Fsp3) is 0.364. The number of oxazole rings is 1. The molecule has 0 saturated heterocycles. The summed E-state index contributed by atoms with van der Waals surface area (Å²) in [7, 11) is 0. The highest BCUT2D eigenvalue weighted by Crippen LogP contribution is 2.22. The Balaban J connectivity index is 2.17. The van der Waals surface area contributed by atoms with Crippen LogP contribution >= 0.6 is 0 Å². The number of aliphatic hydroxyl groups is 2. The molecule has 8 heteroatoms. The maximum atomic E-state index is 11.0. The lowest BCUT2D eigenvalue weighted by Gasteiger charge is -2.17. The van der Waals surface area contributed by atoms with Crippen molar-refractivity contribution in [3.05, 3.63) is 44.8 Å². The molecule has 3 N–H and O–H groups in total. The summed E-state index contributed by atoms with van der Waals surface area (Å²) in [6, 6.07) is 4.64. The summed E-state index contributed by atoms with van der Waals surface area (Å²) in [6.07, 6.45) is -2.06. The molecule has 1 aromatic heterocycles. The Hall–Kier alpha value is -2.28. The van der Waals surface area contributed by atoms with Gasteiger partial charge in [0, 0.05) is 11.5 Å². The Morgan fingerprint density at radius 1 is 1.47 bits per heavy atom. The molecule has 8 nitrogen and oxygen atoms in total. The Morgan fingerprint density at radius 2 is 2.26 bits per heavy atom. The average Bonchev–Trinajstić information content (AvgIpc) is 2.77. The van der Waals surface area contributed by atoms with Crippen LogP contribution < -0.4 is 5.76 Å². The summed E-state index contributed by atoms with van der Waals surface area (Å²) in [5.74, 6) is -0.578. The van der Waals surface area contributed by atoms with Gasteiger partial charge in [-0.2, -0.15) is 0 Å². The number of benzene rings is 1. The van der Waals surface area contributed by atoms with Crippen molar-refractivity contribution >= 4 is 11.1 Å². The zero-order chi connectivity index (χ0) is 13.8. The third kappa shape index (κ3) is 2.94. The van der Waals surface area contributed by atoms with Crippen molar-refractivity contribution in [2.75, 3.05) is 6.54 Å². The molecule has 0 aliphatic carbocycles. The number of nitrogens with one attached hydrogen (secondary N) is 1. The fourth-order valence-electron chi connectivity index (χ4n) is 1.76. The van der Waals surface area contributed by atoms with E-state index in [-0.39, 0.29) is 13.0 Å². The van der Waals surface area contributed by atoms with Crippen LogP contribution in [0.2, 0.25) is 0 Å². The van der Waals surface area contributed by atoms with E-state index in [1.807, 2.05) is 0 Å². The van der Waals surface area contributed by atoms with Crippen molar-refractivity contribution in [1.82, 2.24) is 4.98 Å². The van der Waals surface area contributed by atoms with E-state index in [2.05, 4.69) is 15.0 Å². The number of nitrogens with zero attached hydrogens (tertiary/aromatic N) is 3. The Bertz CT molecular complexity index is 671. The van der Waals surface area contributed by atoms with E-state index in [0.29, 0.717) is 16.7 Å². The topological polar surface area (TPSA) is 135 Å². The molecule has 0 radical (unpaired) electrons. The molecule has 100 valence electrons. The molecule has 1 aromatic carbocycles. The Labute approximate surface area is 106 Å². The summed E-state index contributed by atoms with van der Waals surface area (Å²) in [6.45, 7) is 0.0935. The van der Waals surface area contributed by atoms with Crippen LogP contribution in [-0.2, 0) is 0 Å². The second kappa shape index (κ2) is 5.57. The molecule has 0 aliphatic rings. The number of hydrogen-bond donors (Lipinski definition) is 3. The third-order valence-corrected chi connectivity index (χ3v) is 2.74. The van der Waals surface area contributed by atoms with Crippen LogP contribution in [0.3, 0.4) is 0 Å². The maximum absolute atomic E-state index is 11.0. The molecule has 0 spiro atoms. The van der Waals surface area contributed by atoms with E-state index in [9.17, 15) is 15.0 Å².